The van der Waals surface area contributed by atoms with Gasteiger partial charge >= 0.3 is 12.0 Å². The van der Waals surface area contributed by atoms with Gasteiger partial charge in [0.1, 0.15) is 5.65 Å². The van der Waals surface area contributed by atoms with Gasteiger partial charge in [0.2, 0.25) is 0 Å². The second-order valence-electron chi connectivity index (χ2n) is 6.81. The van der Waals surface area contributed by atoms with Crippen LogP contribution >= 0.6 is 0 Å². The molecule has 3 rings (SSSR count). The average molecular weight is 359 g/mol. The van der Waals surface area contributed by atoms with E-state index in [9.17, 15) is 9.59 Å². The molecule has 8 nitrogen and oxygen atoms in total. The lowest BCUT2D eigenvalue weighted by molar-refractivity contribution is -0.139. The number of carboxylic acid groups (broad SMARTS) is 1. The summed E-state index contributed by atoms with van der Waals surface area (Å²) < 4.78 is 1.93. The molecule has 2 aromatic rings. The predicted octanol–water partition coefficient (Wildman–Crippen LogP) is 1.38. The van der Waals surface area contributed by atoms with Gasteiger partial charge in [0.25, 0.3) is 0 Å². The van der Waals surface area contributed by atoms with E-state index in [1.54, 1.807) is 0 Å². The van der Waals surface area contributed by atoms with Crippen LogP contribution in [0, 0.1) is 6.92 Å². The second-order valence-corrected chi connectivity index (χ2v) is 6.81. The summed E-state index contributed by atoms with van der Waals surface area (Å²) in [6.07, 6.45) is 5.41. The van der Waals surface area contributed by atoms with Crippen molar-refractivity contribution >= 4 is 17.6 Å². The molecule has 8 heteroatoms. The maximum Gasteiger partial charge on any atom is 0.317 e. The lowest BCUT2D eigenvalue weighted by Crippen LogP contribution is -2.56. The first-order chi connectivity index (χ1) is 12.4. The molecule has 2 heterocycles. The number of imidazole rings is 1. The van der Waals surface area contributed by atoms with Crippen LogP contribution in [0.1, 0.15) is 31.0 Å². The normalized spacial score (nSPS) is 19.3. The highest BCUT2D eigenvalue weighted by Crippen LogP contribution is 2.25. The molecular formula is C18H25N5O3. The van der Waals surface area contributed by atoms with Crippen LogP contribution in [0.25, 0.3) is 5.65 Å². The number of aliphatic carboxylic acids is 1. The number of nitrogens with zero attached hydrogens (tertiary/aromatic N) is 3. The van der Waals surface area contributed by atoms with Gasteiger partial charge in [-0.05, 0) is 44.0 Å². The summed E-state index contributed by atoms with van der Waals surface area (Å²) in [5.41, 5.74) is 2.81. The largest absolute Gasteiger partial charge is 0.480 e. The molecule has 1 aliphatic carbocycles. The van der Waals surface area contributed by atoms with Gasteiger partial charge in [-0.15, -0.1) is 0 Å². The predicted molar refractivity (Wildman–Crippen MR) is 97.0 cm³/mol. The number of amides is 2. The van der Waals surface area contributed by atoms with Crippen LogP contribution in [0.15, 0.2) is 24.5 Å². The number of carbonyl (C=O) groups excluding carboxylic acids is 1. The Kier molecular flexibility index (Phi) is 5.41. The van der Waals surface area contributed by atoms with Crippen LogP contribution in [0.3, 0.4) is 0 Å². The summed E-state index contributed by atoms with van der Waals surface area (Å²) in [6, 6.07) is 4.10. The lowest BCUT2D eigenvalue weighted by atomic mass is 9.85. The third-order valence-corrected chi connectivity index (χ3v) is 4.81. The number of fused-ring (bicyclic) bond motifs is 1. The number of nitrogens with one attached hydrogen (secondary N) is 2. The maximum atomic E-state index is 12.0. The summed E-state index contributed by atoms with van der Waals surface area (Å²) in [6.45, 7) is 5.08. The van der Waals surface area contributed by atoms with Crippen LogP contribution in [0.5, 0.6) is 0 Å². The molecule has 0 saturated heterocycles. The van der Waals surface area contributed by atoms with E-state index < -0.39 is 5.97 Å². The SMILES string of the molecule is CCN(CC(=O)O)C1CC(NC(=O)NCc2cn3ccc(C)cc3n2)C1. The monoisotopic (exact) mass is 359 g/mol. The Balaban J connectivity index is 1.43. The van der Waals surface area contributed by atoms with Crippen molar-refractivity contribution in [3.63, 3.8) is 0 Å². The molecule has 0 atom stereocenters. The minimum Gasteiger partial charge on any atom is -0.480 e. The Labute approximate surface area is 152 Å². The number of hydrogen-bond donors (Lipinski definition) is 3. The Morgan fingerprint density at radius 1 is 1.42 bits per heavy atom. The fourth-order valence-corrected chi connectivity index (χ4v) is 3.31. The van der Waals surface area contributed by atoms with E-state index in [0.29, 0.717) is 13.1 Å². The van der Waals surface area contributed by atoms with Crippen molar-refractivity contribution in [2.45, 2.75) is 45.3 Å². The zero-order valence-corrected chi connectivity index (χ0v) is 15.1. The van der Waals surface area contributed by atoms with E-state index in [0.717, 1.165) is 29.7 Å². The smallest absolute Gasteiger partial charge is 0.317 e. The topological polar surface area (TPSA) is 99.0 Å². The molecule has 0 aromatic carbocycles. The molecule has 140 valence electrons. The minimum atomic E-state index is -0.816. The molecule has 0 aliphatic heterocycles. The van der Waals surface area contributed by atoms with Crippen LogP contribution in [0.2, 0.25) is 0 Å². The number of aromatic nitrogens is 2. The number of likely N-dealkylation sites (N-methyl/N-ethyl adjacent to an activating group) is 1. The van der Waals surface area contributed by atoms with Gasteiger partial charge in [0.05, 0.1) is 18.8 Å². The minimum absolute atomic E-state index is 0.0490. The Morgan fingerprint density at radius 3 is 2.88 bits per heavy atom. The molecule has 2 aromatic heterocycles. The number of aryl methyl sites for hydroxylation is 1. The molecular weight excluding hydrogens is 334 g/mol. The first-order valence-corrected chi connectivity index (χ1v) is 8.89. The van der Waals surface area contributed by atoms with Gasteiger partial charge < -0.3 is 20.1 Å². The zero-order chi connectivity index (χ0) is 18.7. The fraction of sp³-hybridized carbons (Fsp3) is 0.500. The van der Waals surface area contributed by atoms with Crippen LogP contribution in [0.4, 0.5) is 4.79 Å². The number of carboxylic acids is 1. The Hall–Kier alpha value is -2.61. The number of hydrogen-bond acceptors (Lipinski definition) is 4. The third kappa shape index (κ3) is 4.32. The third-order valence-electron chi connectivity index (χ3n) is 4.81. The molecule has 1 fully saturated rings. The molecule has 0 bridgehead atoms. The molecule has 0 radical (unpaired) electrons. The van der Waals surface area contributed by atoms with Gasteiger partial charge in [-0.1, -0.05) is 6.92 Å². The summed E-state index contributed by atoms with van der Waals surface area (Å²) in [5.74, 6) is -0.816. The van der Waals surface area contributed by atoms with Crippen molar-refractivity contribution in [2.24, 2.45) is 0 Å². The van der Waals surface area contributed by atoms with Gasteiger partial charge in [-0.2, -0.15) is 0 Å². The van der Waals surface area contributed by atoms with Crippen LogP contribution in [-0.2, 0) is 11.3 Å². The van der Waals surface area contributed by atoms with Crippen molar-refractivity contribution in [3.8, 4) is 0 Å². The van der Waals surface area contributed by atoms with Crippen LogP contribution in [-0.4, -0.2) is 56.6 Å². The molecule has 3 N–H and O–H groups in total. The van der Waals surface area contributed by atoms with E-state index in [2.05, 4.69) is 15.6 Å². The van der Waals surface area contributed by atoms with Crippen molar-refractivity contribution in [2.75, 3.05) is 13.1 Å². The maximum absolute atomic E-state index is 12.0. The average Bonchev–Trinajstić information content (AvgIpc) is 2.95. The first kappa shape index (κ1) is 18.2. The number of rotatable bonds is 7. The summed E-state index contributed by atoms with van der Waals surface area (Å²) in [4.78, 5) is 29.3. The summed E-state index contributed by atoms with van der Waals surface area (Å²) >= 11 is 0. The Bertz CT molecular complexity index is 797. The summed E-state index contributed by atoms with van der Waals surface area (Å²) in [7, 11) is 0. The van der Waals surface area contributed by atoms with Gasteiger partial charge in [0, 0.05) is 24.5 Å². The highest BCUT2D eigenvalue weighted by Gasteiger charge is 2.34. The molecule has 0 unspecified atom stereocenters. The van der Waals surface area contributed by atoms with Crippen molar-refractivity contribution in [1.29, 1.82) is 0 Å². The van der Waals surface area contributed by atoms with Crippen LogP contribution < -0.4 is 10.6 Å². The van der Waals surface area contributed by atoms with E-state index in [1.165, 1.54) is 0 Å². The van der Waals surface area contributed by atoms with E-state index in [4.69, 9.17) is 5.11 Å². The lowest BCUT2D eigenvalue weighted by Gasteiger charge is -2.42. The quantitative estimate of drug-likeness (QED) is 0.694. The molecule has 0 spiro atoms. The number of pyridine rings is 1. The Morgan fingerprint density at radius 2 is 2.19 bits per heavy atom. The van der Waals surface area contributed by atoms with Gasteiger partial charge in [0.15, 0.2) is 0 Å². The van der Waals surface area contributed by atoms with Crippen molar-refractivity contribution in [3.05, 3.63) is 35.8 Å². The highest BCUT2D eigenvalue weighted by atomic mass is 16.4. The zero-order valence-electron chi connectivity index (χ0n) is 15.1. The highest BCUT2D eigenvalue weighted by molar-refractivity contribution is 5.74. The molecule has 1 aliphatic rings. The standard InChI is InChI=1S/C18H25N5O3/c1-3-22(11-17(24)25)15-7-13(8-15)21-18(26)19-9-14-10-23-5-4-12(2)6-16(23)20-14/h4-6,10,13,15H,3,7-9,11H2,1-2H3,(H,24,25)(H2,19,21,26). The molecule has 26 heavy (non-hydrogen) atoms. The summed E-state index contributed by atoms with van der Waals surface area (Å²) in [5, 5.41) is 14.7. The second kappa shape index (κ2) is 7.74. The fourth-order valence-electron chi connectivity index (χ4n) is 3.31. The number of urea groups is 1. The van der Waals surface area contributed by atoms with E-state index >= 15 is 0 Å². The first-order valence-electron chi connectivity index (χ1n) is 8.89. The van der Waals surface area contributed by atoms with E-state index in [1.807, 2.05) is 47.7 Å². The number of carbonyl (C=O) groups is 2. The van der Waals surface area contributed by atoms with E-state index in [-0.39, 0.29) is 24.7 Å². The van der Waals surface area contributed by atoms with Gasteiger partial charge in [-0.3, -0.25) is 9.69 Å². The molecule has 2 amide bonds. The van der Waals surface area contributed by atoms with Gasteiger partial charge in [-0.25, -0.2) is 9.78 Å². The van der Waals surface area contributed by atoms with Crippen molar-refractivity contribution in [1.82, 2.24) is 24.9 Å². The molecule has 1 saturated carbocycles. The van der Waals surface area contributed by atoms with Crippen molar-refractivity contribution < 1.29 is 14.7 Å².